The van der Waals surface area contributed by atoms with Crippen molar-refractivity contribution in [2.45, 2.75) is 31.6 Å². The number of nitrogens with zero attached hydrogens (tertiary/aromatic N) is 1. The minimum Gasteiger partial charge on any atom is -0.372 e. The van der Waals surface area contributed by atoms with E-state index in [4.69, 9.17) is 4.74 Å². The van der Waals surface area contributed by atoms with Crippen molar-refractivity contribution in [3.63, 3.8) is 0 Å². The number of hydrogen-bond donors (Lipinski definition) is 0. The number of thioether (sulfide) groups is 1. The number of carbonyl (C=O) groups excluding carboxylic acids is 1. The molecule has 0 bridgehead atoms. The van der Waals surface area contributed by atoms with Gasteiger partial charge in [0.05, 0.1) is 0 Å². The van der Waals surface area contributed by atoms with Crippen LogP contribution in [0.3, 0.4) is 0 Å². The third kappa shape index (κ3) is 2.89. The third-order valence-corrected chi connectivity index (χ3v) is 3.74. The monoisotopic (exact) mass is 217 g/mol. The molecular weight excluding hydrogens is 198 g/mol. The molecule has 1 amide bonds. The fourth-order valence-electron chi connectivity index (χ4n) is 1.56. The van der Waals surface area contributed by atoms with E-state index in [2.05, 4.69) is 13.8 Å². The Bertz CT molecular complexity index is 218. The van der Waals surface area contributed by atoms with Gasteiger partial charge in [-0.15, -0.1) is 0 Å². The number of hydrogen-bond acceptors (Lipinski definition) is 3. The minimum absolute atomic E-state index is 0.112. The second kappa shape index (κ2) is 4.53. The van der Waals surface area contributed by atoms with E-state index in [1.54, 1.807) is 14.0 Å². The lowest BCUT2D eigenvalue weighted by Crippen LogP contribution is -2.49. The summed E-state index contributed by atoms with van der Waals surface area (Å²) in [4.78, 5) is 13.7. The van der Waals surface area contributed by atoms with Gasteiger partial charge in [0.15, 0.2) is 0 Å². The van der Waals surface area contributed by atoms with Gasteiger partial charge in [-0.1, -0.05) is 0 Å². The Balaban J connectivity index is 2.56. The van der Waals surface area contributed by atoms with Crippen LogP contribution < -0.4 is 0 Å². The summed E-state index contributed by atoms with van der Waals surface area (Å²) in [5.74, 6) is 1.13. The molecular formula is C10H19NO2S. The van der Waals surface area contributed by atoms with Crippen molar-refractivity contribution in [3.8, 4) is 0 Å². The van der Waals surface area contributed by atoms with Crippen molar-refractivity contribution < 1.29 is 9.53 Å². The van der Waals surface area contributed by atoms with Crippen LogP contribution in [-0.2, 0) is 9.53 Å². The first kappa shape index (κ1) is 11.9. The quantitative estimate of drug-likeness (QED) is 0.700. The molecule has 1 atom stereocenters. The maximum Gasteiger partial charge on any atom is 0.251 e. The summed E-state index contributed by atoms with van der Waals surface area (Å²) in [6.45, 7) is 7.82. The van der Waals surface area contributed by atoms with Crippen molar-refractivity contribution in [1.82, 2.24) is 4.90 Å². The Morgan fingerprint density at radius 1 is 1.57 bits per heavy atom. The van der Waals surface area contributed by atoms with Crippen molar-refractivity contribution in [2.24, 2.45) is 0 Å². The first-order chi connectivity index (χ1) is 6.46. The summed E-state index contributed by atoms with van der Waals surface area (Å²) < 4.78 is 5.22. The van der Waals surface area contributed by atoms with Gasteiger partial charge in [-0.2, -0.15) is 11.8 Å². The van der Waals surface area contributed by atoms with Gasteiger partial charge in [-0.05, 0) is 20.8 Å². The molecule has 0 N–H and O–H groups in total. The molecule has 1 saturated heterocycles. The molecule has 1 fully saturated rings. The van der Waals surface area contributed by atoms with Crippen LogP contribution in [0.4, 0.5) is 0 Å². The van der Waals surface area contributed by atoms with Gasteiger partial charge < -0.3 is 9.64 Å². The molecule has 1 rings (SSSR count). The SMILES string of the molecule is COC(C)C(=O)N1CCSC(C)(C)C1. The van der Waals surface area contributed by atoms with Crippen molar-refractivity contribution in [2.75, 3.05) is 26.0 Å². The van der Waals surface area contributed by atoms with Crippen LogP contribution in [0.25, 0.3) is 0 Å². The second-order valence-corrected chi connectivity index (χ2v) is 6.05. The van der Waals surface area contributed by atoms with Crippen LogP contribution in [0.2, 0.25) is 0 Å². The highest BCUT2D eigenvalue weighted by Crippen LogP contribution is 2.29. The van der Waals surface area contributed by atoms with Gasteiger partial charge >= 0.3 is 0 Å². The molecule has 14 heavy (non-hydrogen) atoms. The van der Waals surface area contributed by atoms with E-state index < -0.39 is 0 Å². The smallest absolute Gasteiger partial charge is 0.251 e. The number of carbonyl (C=O) groups is 1. The Hall–Kier alpha value is -0.220. The molecule has 0 aromatic carbocycles. The largest absolute Gasteiger partial charge is 0.372 e. The van der Waals surface area contributed by atoms with Crippen LogP contribution in [0, 0.1) is 0 Å². The van der Waals surface area contributed by atoms with Crippen molar-refractivity contribution >= 4 is 17.7 Å². The van der Waals surface area contributed by atoms with Crippen LogP contribution in [0.15, 0.2) is 0 Å². The second-order valence-electron chi connectivity index (χ2n) is 4.25. The molecule has 0 spiro atoms. The summed E-state index contributed by atoms with van der Waals surface area (Å²) in [5.41, 5.74) is 0. The highest BCUT2D eigenvalue weighted by atomic mass is 32.2. The molecule has 0 aromatic rings. The van der Waals surface area contributed by atoms with Crippen LogP contribution >= 0.6 is 11.8 Å². The first-order valence-electron chi connectivity index (χ1n) is 4.92. The van der Waals surface area contributed by atoms with Gasteiger partial charge in [-0.3, -0.25) is 4.79 Å². The zero-order chi connectivity index (χ0) is 10.8. The lowest BCUT2D eigenvalue weighted by molar-refractivity contribution is -0.141. The highest BCUT2D eigenvalue weighted by molar-refractivity contribution is 8.00. The molecule has 82 valence electrons. The van der Waals surface area contributed by atoms with E-state index in [0.29, 0.717) is 0 Å². The summed E-state index contributed by atoms with van der Waals surface area (Å²) in [6.07, 6.45) is -0.311. The van der Waals surface area contributed by atoms with Gasteiger partial charge in [-0.25, -0.2) is 0 Å². The molecule has 0 radical (unpaired) electrons. The third-order valence-electron chi connectivity index (χ3n) is 2.44. The number of methoxy groups -OCH3 is 1. The predicted octanol–water partition coefficient (Wildman–Crippen LogP) is 1.38. The van der Waals surface area contributed by atoms with E-state index in [0.717, 1.165) is 18.8 Å². The lowest BCUT2D eigenvalue weighted by Gasteiger charge is -2.38. The van der Waals surface area contributed by atoms with E-state index in [9.17, 15) is 4.79 Å². The summed E-state index contributed by atoms with van der Waals surface area (Å²) in [5, 5.41) is 0. The van der Waals surface area contributed by atoms with E-state index in [-0.39, 0.29) is 16.8 Å². The average molecular weight is 217 g/mol. The zero-order valence-electron chi connectivity index (χ0n) is 9.37. The maximum absolute atomic E-state index is 11.8. The Morgan fingerprint density at radius 3 is 2.71 bits per heavy atom. The standard InChI is InChI=1S/C10H19NO2S/c1-8(13-4)9(12)11-5-6-14-10(2,3)7-11/h8H,5-7H2,1-4H3. The Labute approximate surface area is 90.2 Å². The van der Waals surface area contributed by atoms with E-state index in [1.807, 2.05) is 16.7 Å². The van der Waals surface area contributed by atoms with Crippen LogP contribution in [0.1, 0.15) is 20.8 Å². The number of ether oxygens (including phenoxy) is 1. The predicted molar refractivity (Wildman–Crippen MR) is 59.6 cm³/mol. The molecule has 1 heterocycles. The molecule has 1 aliphatic heterocycles. The molecule has 0 aliphatic carbocycles. The average Bonchev–Trinajstić information content (AvgIpc) is 2.14. The van der Waals surface area contributed by atoms with E-state index >= 15 is 0 Å². The summed E-state index contributed by atoms with van der Waals surface area (Å²) in [6, 6.07) is 0. The summed E-state index contributed by atoms with van der Waals surface area (Å²) in [7, 11) is 1.58. The van der Waals surface area contributed by atoms with Gasteiger partial charge in [0, 0.05) is 30.7 Å². The van der Waals surface area contributed by atoms with Gasteiger partial charge in [0.25, 0.3) is 5.91 Å². The molecule has 1 unspecified atom stereocenters. The Kier molecular flexibility index (Phi) is 3.84. The summed E-state index contributed by atoms with van der Waals surface area (Å²) >= 11 is 1.93. The topological polar surface area (TPSA) is 29.5 Å². The zero-order valence-corrected chi connectivity index (χ0v) is 10.2. The molecule has 0 aromatic heterocycles. The van der Waals surface area contributed by atoms with Crippen molar-refractivity contribution in [1.29, 1.82) is 0 Å². The normalized spacial score (nSPS) is 23.3. The number of amides is 1. The van der Waals surface area contributed by atoms with Gasteiger partial charge in [0.1, 0.15) is 6.10 Å². The molecule has 1 aliphatic rings. The van der Waals surface area contributed by atoms with E-state index in [1.165, 1.54) is 0 Å². The van der Waals surface area contributed by atoms with Crippen LogP contribution in [0.5, 0.6) is 0 Å². The van der Waals surface area contributed by atoms with Gasteiger partial charge in [0.2, 0.25) is 0 Å². The lowest BCUT2D eigenvalue weighted by atomic mass is 10.1. The number of rotatable bonds is 2. The van der Waals surface area contributed by atoms with Crippen molar-refractivity contribution in [3.05, 3.63) is 0 Å². The fraction of sp³-hybridized carbons (Fsp3) is 0.900. The molecule has 3 nitrogen and oxygen atoms in total. The van der Waals surface area contributed by atoms with Crippen LogP contribution in [-0.4, -0.2) is 47.6 Å². The minimum atomic E-state index is -0.311. The maximum atomic E-state index is 11.8. The first-order valence-corrected chi connectivity index (χ1v) is 5.90. The molecule has 0 saturated carbocycles. The Morgan fingerprint density at radius 2 is 2.21 bits per heavy atom. The highest BCUT2D eigenvalue weighted by Gasteiger charge is 2.31. The molecule has 4 heteroatoms. The fourth-order valence-corrected chi connectivity index (χ4v) is 2.67.